The van der Waals surface area contributed by atoms with Gasteiger partial charge in [-0.3, -0.25) is 4.90 Å². The Morgan fingerprint density at radius 2 is 1.94 bits per heavy atom. The van der Waals surface area contributed by atoms with Crippen LogP contribution in [0.5, 0.6) is 0 Å². The van der Waals surface area contributed by atoms with Gasteiger partial charge in [0.15, 0.2) is 0 Å². The molecule has 1 fully saturated rings. The Morgan fingerprint density at radius 1 is 1.35 bits per heavy atom. The molecule has 1 N–H and O–H groups in total. The van der Waals surface area contributed by atoms with Gasteiger partial charge in [-0.15, -0.1) is 6.42 Å². The quantitative estimate of drug-likeness (QED) is 0.720. The second kappa shape index (κ2) is 6.39. The SMILES string of the molecule is C#CCN1CCC(NCC(C)(C)N(C)C)CC1. The molecule has 0 radical (unpaired) electrons. The van der Waals surface area contributed by atoms with Gasteiger partial charge in [-0.1, -0.05) is 5.92 Å². The molecule has 1 aliphatic rings. The molecular weight excluding hydrogens is 210 g/mol. The molecule has 0 bridgehead atoms. The summed E-state index contributed by atoms with van der Waals surface area (Å²) < 4.78 is 0. The molecule has 0 aromatic rings. The van der Waals surface area contributed by atoms with Crippen LogP contribution in [0.1, 0.15) is 26.7 Å². The predicted octanol–water partition coefficient (Wildman–Crippen LogP) is 1.01. The molecule has 3 heteroatoms. The smallest absolute Gasteiger partial charge is 0.0598 e. The summed E-state index contributed by atoms with van der Waals surface area (Å²) in [6, 6.07) is 0.656. The van der Waals surface area contributed by atoms with Gasteiger partial charge in [0.25, 0.3) is 0 Å². The van der Waals surface area contributed by atoms with Crippen molar-refractivity contribution >= 4 is 0 Å². The Hall–Kier alpha value is -0.560. The van der Waals surface area contributed by atoms with E-state index in [1.807, 2.05) is 0 Å². The summed E-state index contributed by atoms with van der Waals surface area (Å²) in [6.07, 6.45) is 7.76. The van der Waals surface area contributed by atoms with E-state index in [1.165, 1.54) is 12.8 Å². The van der Waals surface area contributed by atoms with Crippen LogP contribution in [0.15, 0.2) is 0 Å². The second-order valence-corrected chi connectivity index (χ2v) is 5.84. The fourth-order valence-electron chi connectivity index (χ4n) is 1.98. The van der Waals surface area contributed by atoms with E-state index < -0.39 is 0 Å². The van der Waals surface area contributed by atoms with Gasteiger partial charge in [0.05, 0.1) is 6.54 Å². The maximum Gasteiger partial charge on any atom is 0.0598 e. The molecule has 0 unspecified atom stereocenters. The Bertz CT molecular complexity index is 257. The number of hydrogen-bond donors (Lipinski definition) is 1. The number of nitrogens with one attached hydrogen (secondary N) is 1. The summed E-state index contributed by atoms with van der Waals surface area (Å²) in [6.45, 7) is 8.64. The molecule has 0 aromatic heterocycles. The van der Waals surface area contributed by atoms with Gasteiger partial charge < -0.3 is 10.2 Å². The van der Waals surface area contributed by atoms with Crippen LogP contribution in [-0.2, 0) is 0 Å². The highest BCUT2D eigenvalue weighted by molar-refractivity contribution is 4.91. The Morgan fingerprint density at radius 3 is 2.41 bits per heavy atom. The molecule has 98 valence electrons. The molecule has 1 saturated heterocycles. The van der Waals surface area contributed by atoms with Crippen LogP contribution in [0.25, 0.3) is 0 Å². The summed E-state index contributed by atoms with van der Waals surface area (Å²) in [4.78, 5) is 4.63. The van der Waals surface area contributed by atoms with Crippen LogP contribution < -0.4 is 5.32 Å². The Balaban J connectivity index is 2.25. The van der Waals surface area contributed by atoms with Crippen molar-refractivity contribution in [2.24, 2.45) is 0 Å². The predicted molar refractivity (Wildman–Crippen MR) is 74.1 cm³/mol. The van der Waals surface area contributed by atoms with Gasteiger partial charge in [0.1, 0.15) is 0 Å². The molecule has 17 heavy (non-hydrogen) atoms. The summed E-state index contributed by atoms with van der Waals surface area (Å²) >= 11 is 0. The third kappa shape index (κ3) is 4.67. The van der Waals surface area contributed by atoms with Crippen molar-refractivity contribution in [3.8, 4) is 12.3 Å². The minimum atomic E-state index is 0.218. The lowest BCUT2D eigenvalue weighted by atomic mass is 10.0. The van der Waals surface area contributed by atoms with Crippen LogP contribution in [0.4, 0.5) is 0 Å². The van der Waals surface area contributed by atoms with Crippen LogP contribution >= 0.6 is 0 Å². The molecule has 0 saturated carbocycles. The first-order valence-electron chi connectivity index (χ1n) is 6.52. The third-order valence-corrected chi connectivity index (χ3v) is 3.94. The van der Waals surface area contributed by atoms with Crippen molar-refractivity contribution < 1.29 is 0 Å². The third-order valence-electron chi connectivity index (χ3n) is 3.94. The van der Waals surface area contributed by atoms with Gasteiger partial charge in [-0.2, -0.15) is 0 Å². The van der Waals surface area contributed by atoms with Gasteiger partial charge in [-0.05, 0) is 40.8 Å². The number of likely N-dealkylation sites (N-methyl/N-ethyl adjacent to an activating group) is 1. The number of rotatable bonds is 5. The summed E-state index contributed by atoms with van der Waals surface area (Å²) in [7, 11) is 4.27. The first-order chi connectivity index (χ1) is 7.95. The lowest BCUT2D eigenvalue weighted by Crippen LogP contribution is -2.51. The number of terminal acetylenes is 1. The van der Waals surface area contributed by atoms with Crippen LogP contribution in [0.2, 0.25) is 0 Å². The summed E-state index contributed by atoms with van der Waals surface area (Å²) in [5.74, 6) is 2.72. The fourth-order valence-corrected chi connectivity index (χ4v) is 1.98. The molecular formula is C14H27N3. The summed E-state index contributed by atoms with van der Waals surface area (Å²) in [5.41, 5.74) is 0.218. The maximum atomic E-state index is 5.33. The van der Waals surface area contributed by atoms with E-state index in [2.05, 4.69) is 49.0 Å². The molecule has 1 aliphatic heterocycles. The molecule has 3 nitrogen and oxygen atoms in total. The van der Waals surface area contributed by atoms with E-state index in [-0.39, 0.29) is 5.54 Å². The van der Waals surface area contributed by atoms with E-state index in [0.29, 0.717) is 6.04 Å². The number of piperidine rings is 1. The monoisotopic (exact) mass is 237 g/mol. The molecule has 0 spiro atoms. The lowest BCUT2D eigenvalue weighted by molar-refractivity contribution is 0.164. The largest absolute Gasteiger partial charge is 0.312 e. The highest BCUT2D eigenvalue weighted by Crippen LogP contribution is 2.13. The van der Waals surface area contributed by atoms with Gasteiger partial charge in [0.2, 0.25) is 0 Å². The average Bonchev–Trinajstić information content (AvgIpc) is 2.28. The fraction of sp³-hybridized carbons (Fsp3) is 0.857. The lowest BCUT2D eigenvalue weighted by Gasteiger charge is -2.37. The highest BCUT2D eigenvalue weighted by atomic mass is 15.2. The van der Waals surface area contributed by atoms with Crippen molar-refractivity contribution in [1.82, 2.24) is 15.1 Å². The van der Waals surface area contributed by atoms with E-state index in [1.54, 1.807) is 0 Å². The number of likely N-dealkylation sites (tertiary alicyclic amines) is 1. The first kappa shape index (κ1) is 14.5. The van der Waals surface area contributed by atoms with E-state index in [9.17, 15) is 0 Å². The van der Waals surface area contributed by atoms with Crippen LogP contribution in [0, 0.1) is 12.3 Å². The van der Waals surface area contributed by atoms with Crippen LogP contribution in [0.3, 0.4) is 0 Å². The molecule has 0 aromatic carbocycles. The van der Waals surface area contributed by atoms with E-state index >= 15 is 0 Å². The zero-order chi connectivity index (χ0) is 12.9. The second-order valence-electron chi connectivity index (χ2n) is 5.84. The minimum Gasteiger partial charge on any atom is -0.312 e. The Labute approximate surface area is 107 Å². The van der Waals surface area contributed by atoms with Gasteiger partial charge >= 0.3 is 0 Å². The molecule has 1 heterocycles. The standard InChI is InChI=1S/C14H27N3/c1-6-9-17-10-7-13(8-11-17)15-12-14(2,3)16(4)5/h1,13,15H,7-12H2,2-5H3. The van der Waals surface area contributed by atoms with Crippen molar-refractivity contribution in [2.75, 3.05) is 40.3 Å². The molecule has 0 amide bonds. The number of hydrogen-bond acceptors (Lipinski definition) is 3. The van der Waals surface area contributed by atoms with Crippen molar-refractivity contribution in [3.63, 3.8) is 0 Å². The first-order valence-corrected chi connectivity index (χ1v) is 6.52. The summed E-state index contributed by atoms with van der Waals surface area (Å²) in [5, 5.41) is 3.69. The minimum absolute atomic E-state index is 0.218. The molecule has 0 aliphatic carbocycles. The maximum absolute atomic E-state index is 5.33. The van der Waals surface area contributed by atoms with Crippen molar-refractivity contribution in [1.29, 1.82) is 0 Å². The normalized spacial score (nSPS) is 19.5. The van der Waals surface area contributed by atoms with E-state index in [4.69, 9.17) is 6.42 Å². The van der Waals surface area contributed by atoms with Crippen molar-refractivity contribution in [2.45, 2.75) is 38.3 Å². The molecule has 1 rings (SSSR count). The highest BCUT2D eigenvalue weighted by Gasteiger charge is 2.23. The van der Waals surface area contributed by atoms with Crippen molar-refractivity contribution in [3.05, 3.63) is 0 Å². The van der Waals surface area contributed by atoms with Gasteiger partial charge in [-0.25, -0.2) is 0 Å². The van der Waals surface area contributed by atoms with Crippen LogP contribution in [-0.4, -0.2) is 61.7 Å². The zero-order valence-electron chi connectivity index (χ0n) is 11.8. The van der Waals surface area contributed by atoms with Gasteiger partial charge in [0, 0.05) is 31.2 Å². The zero-order valence-corrected chi connectivity index (χ0v) is 11.8. The average molecular weight is 237 g/mol. The van der Waals surface area contributed by atoms with E-state index in [0.717, 1.165) is 26.2 Å². The Kier molecular flexibility index (Phi) is 5.45. The number of nitrogens with zero attached hydrogens (tertiary/aromatic N) is 2. The topological polar surface area (TPSA) is 18.5 Å². The molecule has 0 atom stereocenters.